The maximum Gasteiger partial charge on any atom is 0.414 e. The topological polar surface area (TPSA) is 98.7 Å². The van der Waals surface area contributed by atoms with Gasteiger partial charge in [-0.1, -0.05) is 6.07 Å². The molecule has 1 aromatic rings. The second-order valence-corrected chi connectivity index (χ2v) is 8.10. The number of rotatable bonds is 3. The van der Waals surface area contributed by atoms with Gasteiger partial charge < -0.3 is 20.8 Å². The molecule has 4 N–H and O–H groups in total. The van der Waals surface area contributed by atoms with Crippen LogP contribution in [-0.4, -0.2) is 39.3 Å². The summed E-state index contributed by atoms with van der Waals surface area (Å²) in [5, 5.41) is 24.4. The van der Waals surface area contributed by atoms with Crippen LogP contribution in [0.15, 0.2) is 17.5 Å². The van der Waals surface area contributed by atoms with Crippen LogP contribution in [0.2, 0.25) is 0 Å². The number of carboxylic acids is 2. The number of hydrogen-bond acceptors (Lipinski definition) is 5. The third-order valence-electron chi connectivity index (χ3n) is 3.52. The van der Waals surface area contributed by atoms with E-state index >= 15 is 0 Å². The molecule has 1 aliphatic heterocycles. The van der Waals surface area contributed by atoms with Crippen molar-refractivity contribution >= 4 is 23.3 Å². The third-order valence-corrected chi connectivity index (χ3v) is 4.39. The fourth-order valence-electron chi connectivity index (χ4n) is 3.12. The van der Waals surface area contributed by atoms with Crippen molar-refractivity contribution in [1.82, 2.24) is 10.6 Å². The molecule has 130 valence electrons. The van der Waals surface area contributed by atoms with Gasteiger partial charge in [-0.25, -0.2) is 9.59 Å². The summed E-state index contributed by atoms with van der Waals surface area (Å²) in [6, 6.07) is 4.94. The van der Waals surface area contributed by atoms with Crippen molar-refractivity contribution in [2.45, 2.75) is 64.2 Å². The summed E-state index contributed by atoms with van der Waals surface area (Å²) in [6.07, 6.45) is 2.39. The molecule has 1 aromatic heterocycles. The van der Waals surface area contributed by atoms with Gasteiger partial charge >= 0.3 is 11.9 Å². The van der Waals surface area contributed by atoms with Gasteiger partial charge in [-0.15, -0.1) is 11.3 Å². The van der Waals surface area contributed by atoms with E-state index in [1.54, 1.807) is 0 Å². The molecule has 7 heteroatoms. The Balaban J connectivity index is 0.000000379. The van der Waals surface area contributed by atoms with Crippen LogP contribution in [0.5, 0.6) is 0 Å². The van der Waals surface area contributed by atoms with Gasteiger partial charge in [-0.3, -0.25) is 0 Å². The molecule has 0 saturated carbocycles. The predicted molar refractivity (Wildman–Crippen MR) is 90.7 cm³/mol. The number of hydrogen-bond donors (Lipinski definition) is 4. The lowest BCUT2D eigenvalue weighted by molar-refractivity contribution is -0.159. The highest BCUT2D eigenvalue weighted by atomic mass is 32.1. The van der Waals surface area contributed by atoms with Crippen molar-refractivity contribution in [2.24, 2.45) is 0 Å². The Hall–Kier alpha value is -1.44. The summed E-state index contributed by atoms with van der Waals surface area (Å²) < 4.78 is 0. The van der Waals surface area contributed by atoms with E-state index in [1.807, 2.05) is 11.3 Å². The van der Waals surface area contributed by atoms with E-state index in [2.05, 4.69) is 55.8 Å². The van der Waals surface area contributed by atoms with Gasteiger partial charge in [0.1, 0.15) is 0 Å². The van der Waals surface area contributed by atoms with Gasteiger partial charge in [0.05, 0.1) is 0 Å². The van der Waals surface area contributed by atoms with Gasteiger partial charge in [-0.05, 0) is 52.0 Å². The molecule has 0 amide bonds. The lowest BCUT2D eigenvalue weighted by atomic mass is 9.79. The minimum atomic E-state index is -1.82. The Morgan fingerprint density at radius 2 is 1.74 bits per heavy atom. The molecule has 1 fully saturated rings. The predicted octanol–water partition coefficient (Wildman–Crippen LogP) is 2.30. The number of carboxylic acid groups (broad SMARTS) is 2. The summed E-state index contributed by atoms with van der Waals surface area (Å²) in [4.78, 5) is 19.6. The van der Waals surface area contributed by atoms with Crippen molar-refractivity contribution in [3.63, 3.8) is 0 Å². The minimum Gasteiger partial charge on any atom is -0.473 e. The van der Waals surface area contributed by atoms with E-state index in [9.17, 15) is 0 Å². The van der Waals surface area contributed by atoms with Crippen molar-refractivity contribution in [1.29, 1.82) is 0 Å². The minimum absolute atomic E-state index is 0.231. The number of carbonyl (C=O) groups is 2. The van der Waals surface area contributed by atoms with Gasteiger partial charge in [0, 0.05) is 28.5 Å². The number of aliphatic carboxylic acids is 2. The van der Waals surface area contributed by atoms with Crippen LogP contribution in [-0.2, 0) is 16.1 Å². The number of thiophene rings is 1. The molecule has 0 aromatic carbocycles. The fourth-order valence-corrected chi connectivity index (χ4v) is 3.78. The molecule has 2 heterocycles. The quantitative estimate of drug-likeness (QED) is 0.629. The summed E-state index contributed by atoms with van der Waals surface area (Å²) in [5.41, 5.74) is 0.462. The first-order valence-electron chi connectivity index (χ1n) is 7.52. The first kappa shape index (κ1) is 19.6. The smallest absolute Gasteiger partial charge is 0.414 e. The summed E-state index contributed by atoms with van der Waals surface area (Å²) in [7, 11) is 0. The molecule has 6 nitrogen and oxygen atoms in total. The molecule has 0 aliphatic carbocycles. The largest absolute Gasteiger partial charge is 0.473 e. The molecular weight excluding hydrogens is 316 g/mol. The number of nitrogens with one attached hydrogen (secondary N) is 2. The van der Waals surface area contributed by atoms with Gasteiger partial charge in [-0.2, -0.15) is 0 Å². The van der Waals surface area contributed by atoms with E-state index in [0.717, 1.165) is 6.54 Å². The molecule has 0 spiro atoms. The highest BCUT2D eigenvalue weighted by molar-refractivity contribution is 7.09. The van der Waals surface area contributed by atoms with Crippen LogP contribution in [0.3, 0.4) is 0 Å². The fraction of sp³-hybridized carbons (Fsp3) is 0.625. The zero-order valence-electron chi connectivity index (χ0n) is 14.0. The molecule has 1 aliphatic rings. The second-order valence-electron chi connectivity index (χ2n) is 7.07. The Morgan fingerprint density at radius 3 is 2.13 bits per heavy atom. The maximum atomic E-state index is 9.10. The first-order chi connectivity index (χ1) is 10.5. The SMILES string of the molecule is CC1(C)CC(NCc2cccs2)CC(C)(C)N1.O=C(O)C(=O)O. The van der Waals surface area contributed by atoms with Crippen molar-refractivity contribution in [2.75, 3.05) is 0 Å². The van der Waals surface area contributed by atoms with Crippen molar-refractivity contribution in [3.05, 3.63) is 22.4 Å². The average Bonchev–Trinajstić information content (AvgIpc) is 2.86. The van der Waals surface area contributed by atoms with Crippen LogP contribution >= 0.6 is 11.3 Å². The zero-order valence-corrected chi connectivity index (χ0v) is 14.9. The molecule has 0 radical (unpaired) electrons. The lowest BCUT2D eigenvalue weighted by Gasteiger charge is -2.46. The monoisotopic (exact) mass is 342 g/mol. The molecule has 1 saturated heterocycles. The lowest BCUT2D eigenvalue weighted by Crippen LogP contribution is -2.61. The molecule has 23 heavy (non-hydrogen) atoms. The Morgan fingerprint density at radius 1 is 1.22 bits per heavy atom. The molecular formula is C16H26N2O4S. The van der Waals surface area contributed by atoms with E-state index in [-0.39, 0.29) is 11.1 Å². The summed E-state index contributed by atoms with van der Waals surface area (Å²) >= 11 is 1.83. The van der Waals surface area contributed by atoms with Crippen LogP contribution in [0.25, 0.3) is 0 Å². The van der Waals surface area contributed by atoms with E-state index in [4.69, 9.17) is 19.8 Å². The highest BCUT2D eigenvalue weighted by Gasteiger charge is 2.37. The second kappa shape index (κ2) is 7.90. The maximum absolute atomic E-state index is 9.10. The van der Waals surface area contributed by atoms with Crippen LogP contribution < -0.4 is 10.6 Å². The molecule has 0 atom stereocenters. The van der Waals surface area contributed by atoms with E-state index in [0.29, 0.717) is 6.04 Å². The summed E-state index contributed by atoms with van der Waals surface area (Å²) in [6.45, 7) is 10.2. The third kappa shape index (κ3) is 7.58. The van der Waals surface area contributed by atoms with Crippen LogP contribution in [0.4, 0.5) is 0 Å². The van der Waals surface area contributed by atoms with Crippen LogP contribution in [0.1, 0.15) is 45.4 Å². The highest BCUT2D eigenvalue weighted by Crippen LogP contribution is 2.28. The normalized spacial score (nSPS) is 19.5. The average molecular weight is 342 g/mol. The van der Waals surface area contributed by atoms with E-state index in [1.165, 1.54) is 17.7 Å². The Kier molecular flexibility index (Phi) is 6.73. The first-order valence-corrected chi connectivity index (χ1v) is 8.40. The van der Waals surface area contributed by atoms with Crippen LogP contribution in [0, 0.1) is 0 Å². The Labute approximate surface area is 140 Å². The van der Waals surface area contributed by atoms with E-state index < -0.39 is 11.9 Å². The Bertz CT molecular complexity index is 498. The number of piperidine rings is 1. The zero-order chi connectivity index (χ0) is 17.7. The van der Waals surface area contributed by atoms with Gasteiger partial charge in [0.25, 0.3) is 0 Å². The van der Waals surface area contributed by atoms with Gasteiger partial charge in [0.15, 0.2) is 0 Å². The standard InChI is InChI=1S/C14H24N2S.C2H2O4/c1-13(2)8-11(9-14(3,4)16-13)15-10-12-6-5-7-17-12;3-1(4)2(5)6/h5-7,11,15-16H,8-10H2,1-4H3;(H,3,4)(H,5,6). The van der Waals surface area contributed by atoms with Gasteiger partial charge in [0.2, 0.25) is 0 Å². The molecule has 0 bridgehead atoms. The summed E-state index contributed by atoms with van der Waals surface area (Å²) in [5.74, 6) is -3.65. The molecule has 0 unspecified atom stereocenters. The van der Waals surface area contributed by atoms with Crippen molar-refractivity contribution < 1.29 is 19.8 Å². The van der Waals surface area contributed by atoms with Crippen molar-refractivity contribution in [3.8, 4) is 0 Å². The molecule has 2 rings (SSSR count).